The molecule has 0 unspecified atom stereocenters. The predicted molar refractivity (Wildman–Crippen MR) is 86.2 cm³/mol. The third kappa shape index (κ3) is 4.31. The lowest BCUT2D eigenvalue weighted by Crippen LogP contribution is -2.40. The van der Waals surface area contributed by atoms with Crippen molar-refractivity contribution in [1.29, 1.82) is 0 Å². The largest absolute Gasteiger partial charge is 0.486 e. The van der Waals surface area contributed by atoms with Crippen LogP contribution < -0.4 is 10.1 Å². The van der Waals surface area contributed by atoms with E-state index in [-0.39, 0.29) is 6.10 Å². The standard InChI is InChI=1S/C17H23N3O3/c1-18-7-15(21)10-20-5-4-13-6-16(3-2-14(13)9-20)22-11-17-8-19-12-23-17/h2-3,6,8,12,15,18,21H,4-5,7,9-11H2,1H3/t15-/m0/s1. The fraction of sp³-hybridized carbons (Fsp3) is 0.471. The van der Waals surface area contributed by atoms with Crippen molar-refractivity contribution in [2.45, 2.75) is 25.7 Å². The van der Waals surface area contributed by atoms with E-state index in [4.69, 9.17) is 9.15 Å². The topological polar surface area (TPSA) is 70.8 Å². The monoisotopic (exact) mass is 317 g/mol. The third-order valence-electron chi connectivity index (χ3n) is 4.04. The van der Waals surface area contributed by atoms with Gasteiger partial charge in [0.05, 0.1) is 12.3 Å². The summed E-state index contributed by atoms with van der Waals surface area (Å²) in [6, 6.07) is 6.21. The number of aliphatic hydroxyl groups is 1. The van der Waals surface area contributed by atoms with Gasteiger partial charge in [0.2, 0.25) is 0 Å². The van der Waals surface area contributed by atoms with E-state index in [0.717, 1.165) is 25.3 Å². The molecular weight excluding hydrogens is 294 g/mol. The number of aliphatic hydroxyl groups excluding tert-OH is 1. The molecule has 23 heavy (non-hydrogen) atoms. The summed E-state index contributed by atoms with van der Waals surface area (Å²) in [5.74, 6) is 1.57. The number of hydrogen-bond donors (Lipinski definition) is 2. The van der Waals surface area contributed by atoms with E-state index in [2.05, 4.69) is 27.3 Å². The summed E-state index contributed by atoms with van der Waals surface area (Å²) in [6.07, 6.45) is 3.71. The van der Waals surface area contributed by atoms with Crippen LogP contribution in [-0.2, 0) is 19.6 Å². The molecular formula is C17H23N3O3. The van der Waals surface area contributed by atoms with Gasteiger partial charge in [0, 0.05) is 26.2 Å². The van der Waals surface area contributed by atoms with Crippen molar-refractivity contribution in [3.05, 3.63) is 47.7 Å². The fourth-order valence-electron chi connectivity index (χ4n) is 2.90. The second-order valence-corrected chi connectivity index (χ2v) is 5.88. The lowest BCUT2D eigenvalue weighted by Gasteiger charge is -2.30. The van der Waals surface area contributed by atoms with E-state index < -0.39 is 0 Å². The number of nitrogens with one attached hydrogen (secondary N) is 1. The molecule has 6 nitrogen and oxygen atoms in total. The van der Waals surface area contributed by atoms with Crippen LogP contribution in [0.15, 0.2) is 35.2 Å². The van der Waals surface area contributed by atoms with E-state index in [0.29, 0.717) is 25.5 Å². The highest BCUT2D eigenvalue weighted by Gasteiger charge is 2.19. The number of likely N-dealkylation sites (N-methyl/N-ethyl adjacent to an activating group) is 1. The summed E-state index contributed by atoms with van der Waals surface area (Å²) < 4.78 is 10.9. The van der Waals surface area contributed by atoms with Gasteiger partial charge >= 0.3 is 0 Å². The zero-order chi connectivity index (χ0) is 16.1. The van der Waals surface area contributed by atoms with E-state index in [1.165, 1.54) is 17.5 Å². The number of ether oxygens (including phenoxy) is 1. The van der Waals surface area contributed by atoms with E-state index >= 15 is 0 Å². The van der Waals surface area contributed by atoms with Crippen LogP contribution in [0.2, 0.25) is 0 Å². The maximum absolute atomic E-state index is 9.92. The molecule has 0 radical (unpaired) electrons. The van der Waals surface area contributed by atoms with Crippen molar-refractivity contribution in [3.63, 3.8) is 0 Å². The smallest absolute Gasteiger partial charge is 0.181 e. The van der Waals surface area contributed by atoms with Crippen molar-refractivity contribution in [3.8, 4) is 5.75 Å². The predicted octanol–water partition coefficient (Wildman–Crippen LogP) is 1.19. The zero-order valence-electron chi connectivity index (χ0n) is 13.4. The number of hydrogen-bond acceptors (Lipinski definition) is 6. The molecule has 0 aliphatic carbocycles. The van der Waals surface area contributed by atoms with Crippen LogP contribution in [0.25, 0.3) is 0 Å². The minimum Gasteiger partial charge on any atom is -0.486 e. The fourth-order valence-corrected chi connectivity index (χ4v) is 2.90. The van der Waals surface area contributed by atoms with Gasteiger partial charge in [0.1, 0.15) is 12.4 Å². The molecule has 0 amide bonds. The number of oxazole rings is 1. The van der Waals surface area contributed by atoms with Crippen molar-refractivity contribution >= 4 is 0 Å². The Morgan fingerprint density at radius 3 is 3.13 bits per heavy atom. The molecule has 6 heteroatoms. The molecule has 124 valence electrons. The number of aromatic nitrogens is 1. The first-order valence-electron chi connectivity index (χ1n) is 7.91. The van der Waals surface area contributed by atoms with Crippen molar-refractivity contribution in [1.82, 2.24) is 15.2 Å². The number of rotatable bonds is 7. The van der Waals surface area contributed by atoms with Crippen LogP contribution in [-0.4, -0.2) is 47.8 Å². The average Bonchev–Trinajstić information content (AvgIpc) is 3.06. The van der Waals surface area contributed by atoms with Crippen molar-refractivity contribution < 1.29 is 14.3 Å². The average molecular weight is 317 g/mol. The van der Waals surface area contributed by atoms with Crippen molar-refractivity contribution in [2.24, 2.45) is 0 Å². The Bertz CT molecular complexity index is 616. The number of benzene rings is 1. The minimum absolute atomic E-state index is 0.328. The zero-order valence-corrected chi connectivity index (χ0v) is 13.4. The van der Waals surface area contributed by atoms with Crippen molar-refractivity contribution in [2.75, 3.05) is 26.7 Å². The first-order chi connectivity index (χ1) is 11.2. The lowest BCUT2D eigenvalue weighted by atomic mass is 9.99. The van der Waals surface area contributed by atoms with E-state index in [9.17, 15) is 5.11 Å². The quantitative estimate of drug-likeness (QED) is 0.799. The summed E-state index contributed by atoms with van der Waals surface area (Å²) in [6.45, 7) is 3.54. The van der Waals surface area contributed by atoms with Gasteiger partial charge in [0.15, 0.2) is 12.2 Å². The molecule has 1 aliphatic rings. The summed E-state index contributed by atoms with van der Waals surface area (Å²) in [4.78, 5) is 6.16. The van der Waals surface area contributed by atoms with Gasteiger partial charge in [0.25, 0.3) is 0 Å². The van der Waals surface area contributed by atoms with Gasteiger partial charge in [-0.05, 0) is 36.7 Å². The van der Waals surface area contributed by atoms with E-state index in [1.807, 2.05) is 13.1 Å². The number of fused-ring (bicyclic) bond motifs is 1. The van der Waals surface area contributed by atoms with Gasteiger partial charge < -0.3 is 19.6 Å². The normalized spacial score (nSPS) is 16.1. The Balaban J connectivity index is 1.57. The van der Waals surface area contributed by atoms with Crippen LogP contribution in [0.4, 0.5) is 0 Å². The molecule has 1 aliphatic heterocycles. The molecule has 1 aromatic carbocycles. The molecule has 3 rings (SSSR count). The first kappa shape index (κ1) is 16.0. The van der Waals surface area contributed by atoms with E-state index in [1.54, 1.807) is 6.20 Å². The summed E-state index contributed by atoms with van der Waals surface area (Å²) >= 11 is 0. The lowest BCUT2D eigenvalue weighted by molar-refractivity contribution is 0.106. The minimum atomic E-state index is -0.328. The highest BCUT2D eigenvalue weighted by Crippen LogP contribution is 2.24. The van der Waals surface area contributed by atoms with Crippen LogP contribution in [0.1, 0.15) is 16.9 Å². The van der Waals surface area contributed by atoms with Crippen LogP contribution in [0.3, 0.4) is 0 Å². The molecule has 0 bridgehead atoms. The Kier molecular flexibility index (Phi) is 5.27. The first-order valence-corrected chi connectivity index (χ1v) is 7.91. The SMILES string of the molecule is CNC[C@H](O)CN1CCc2cc(OCc3cnco3)ccc2C1. The Morgan fingerprint density at radius 1 is 1.43 bits per heavy atom. The Hall–Kier alpha value is -1.89. The molecule has 2 heterocycles. The maximum atomic E-state index is 9.92. The molecule has 2 N–H and O–H groups in total. The Morgan fingerprint density at radius 2 is 2.35 bits per heavy atom. The molecule has 0 fully saturated rings. The van der Waals surface area contributed by atoms with Gasteiger partial charge in [-0.15, -0.1) is 0 Å². The summed E-state index contributed by atoms with van der Waals surface area (Å²) in [5, 5.41) is 12.9. The summed E-state index contributed by atoms with van der Waals surface area (Å²) in [5.41, 5.74) is 2.62. The van der Waals surface area contributed by atoms with Crippen LogP contribution in [0, 0.1) is 0 Å². The van der Waals surface area contributed by atoms with Gasteiger partial charge in [-0.2, -0.15) is 0 Å². The molecule has 0 saturated carbocycles. The highest BCUT2D eigenvalue weighted by molar-refractivity contribution is 5.37. The second kappa shape index (κ2) is 7.59. The van der Waals surface area contributed by atoms with Gasteiger partial charge in [-0.3, -0.25) is 4.90 Å². The highest BCUT2D eigenvalue weighted by atomic mass is 16.5. The van der Waals surface area contributed by atoms with Gasteiger partial charge in [-0.1, -0.05) is 6.07 Å². The third-order valence-corrected chi connectivity index (χ3v) is 4.04. The second-order valence-electron chi connectivity index (χ2n) is 5.88. The summed E-state index contributed by atoms with van der Waals surface area (Å²) in [7, 11) is 1.86. The Labute approximate surface area is 136 Å². The van der Waals surface area contributed by atoms with Crippen LogP contribution in [0.5, 0.6) is 5.75 Å². The molecule has 1 atom stereocenters. The molecule has 0 spiro atoms. The number of β-amino-alcohol motifs (C(OH)–C–C–N with tert-alkyl or cyclic N) is 1. The maximum Gasteiger partial charge on any atom is 0.181 e. The number of nitrogens with zero attached hydrogens (tertiary/aromatic N) is 2. The molecule has 0 saturated heterocycles. The van der Waals surface area contributed by atoms with Gasteiger partial charge in [-0.25, -0.2) is 4.98 Å². The molecule has 1 aromatic heterocycles. The van der Waals surface area contributed by atoms with Crippen LogP contribution >= 0.6 is 0 Å². The molecule has 2 aromatic rings.